The number of amides is 1. The monoisotopic (exact) mass is 335 g/mol. The van der Waals surface area contributed by atoms with E-state index in [1.165, 1.54) is 0 Å². The number of hydrogen-bond acceptors (Lipinski definition) is 4. The summed E-state index contributed by atoms with van der Waals surface area (Å²) in [5.74, 6) is 2.16. The molecule has 2 aliphatic heterocycles. The number of methoxy groups -OCH3 is 1. The van der Waals surface area contributed by atoms with Gasteiger partial charge in [0.05, 0.1) is 11.0 Å². The maximum atomic E-state index is 13.1. The summed E-state index contributed by atoms with van der Waals surface area (Å²) in [6.07, 6.45) is 2.46. The van der Waals surface area contributed by atoms with Crippen LogP contribution < -0.4 is 5.32 Å². The molecule has 126 valence electrons. The van der Waals surface area contributed by atoms with Crippen LogP contribution in [0.15, 0.2) is 30.3 Å². The van der Waals surface area contributed by atoms with Crippen molar-refractivity contribution in [3.63, 3.8) is 0 Å². The van der Waals surface area contributed by atoms with Crippen LogP contribution in [0.25, 0.3) is 0 Å². The fourth-order valence-corrected chi connectivity index (χ4v) is 4.89. The Hall–Kier alpha value is -1.04. The molecule has 1 amide bonds. The van der Waals surface area contributed by atoms with E-state index >= 15 is 0 Å². The average molecular weight is 335 g/mol. The third-order valence-corrected chi connectivity index (χ3v) is 6.40. The molecule has 2 heterocycles. The smallest absolute Gasteiger partial charge is 0.230 e. The first-order chi connectivity index (χ1) is 11.2. The molecule has 0 bridgehead atoms. The molecule has 1 aromatic carbocycles. The van der Waals surface area contributed by atoms with Crippen molar-refractivity contribution in [1.82, 2.24) is 5.32 Å². The van der Waals surface area contributed by atoms with Crippen LogP contribution in [-0.4, -0.2) is 49.9 Å². The first kappa shape index (κ1) is 16.8. The topological polar surface area (TPSA) is 47.6 Å². The number of ether oxygens (including phenoxy) is 2. The van der Waals surface area contributed by atoms with E-state index in [1.54, 1.807) is 7.11 Å². The highest BCUT2D eigenvalue weighted by molar-refractivity contribution is 7.99. The van der Waals surface area contributed by atoms with E-state index in [0.29, 0.717) is 19.8 Å². The van der Waals surface area contributed by atoms with Gasteiger partial charge in [-0.1, -0.05) is 30.3 Å². The second-order valence-corrected chi connectivity index (χ2v) is 7.54. The zero-order valence-electron chi connectivity index (χ0n) is 13.7. The quantitative estimate of drug-likeness (QED) is 0.897. The number of carbonyl (C=O) groups excluding carboxylic acids is 1. The summed E-state index contributed by atoms with van der Waals surface area (Å²) in [6.45, 7) is 1.85. The van der Waals surface area contributed by atoms with Gasteiger partial charge in [0.25, 0.3) is 0 Å². The molecular formula is C18H25NO3S. The van der Waals surface area contributed by atoms with Crippen molar-refractivity contribution in [1.29, 1.82) is 0 Å². The Bertz CT molecular complexity index is 522. The highest BCUT2D eigenvalue weighted by Gasteiger charge is 2.43. The average Bonchev–Trinajstić information content (AvgIpc) is 3.10. The van der Waals surface area contributed by atoms with Gasteiger partial charge in [-0.3, -0.25) is 4.79 Å². The standard InChI is InChI=1S/C18H25NO3S/c1-21-17(9-12-23-14-17)13-19-16(20)18(7-10-22-11-8-18)15-5-3-2-4-6-15/h2-6H,7-14H2,1H3,(H,19,20). The number of nitrogens with one attached hydrogen (secondary N) is 1. The molecule has 1 N–H and O–H groups in total. The van der Waals surface area contributed by atoms with Crippen LogP contribution in [0.4, 0.5) is 0 Å². The first-order valence-corrected chi connectivity index (χ1v) is 9.41. The second-order valence-electron chi connectivity index (χ2n) is 6.43. The number of benzene rings is 1. The minimum absolute atomic E-state index is 0.111. The van der Waals surface area contributed by atoms with Gasteiger partial charge in [0.15, 0.2) is 0 Å². The third kappa shape index (κ3) is 3.42. The molecular weight excluding hydrogens is 310 g/mol. The maximum Gasteiger partial charge on any atom is 0.230 e. The van der Waals surface area contributed by atoms with E-state index in [1.807, 2.05) is 30.0 Å². The molecule has 1 unspecified atom stereocenters. The molecule has 1 aromatic rings. The highest BCUT2D eigenvalue weighted by atomic mass is 32.2. The fraction of sp³-hybridized carbons (Fsp3) is 0.611. The normalized spacial score (nSPS) is 26.8. The Labute approximate surface area is 142 Å². The molecule has 0 aromatic heterocycles. The van der Waals surface area contributed by atoms with Gasteiger partial charge in [-0.05, 0) is 30.6 Å². The van der Waals surface area contributed by atoms with E-state index in [2.05, 4.69) is 17.4 Å². The molecule has 2 saturated heterocycles. The summed E-state index contributed by atoms with van der Waals surface area (Å²) in [4.78, 5) is 13.1. The van der Waals surface area contributed by atoms with Gasteiger partial charge in [0, 0.05) is 32.6 Å². The van der Waals surface area contributed by atoms with Crippen molar-refractivity contribution in [3.05, 3.63) is 35.9 Å². The van der Waals surface area contributed by atoms with Crippen molar-refractivity contribution in [2.75, 3.05) is 38.4 Å². The summed E-state index contributed by atoms with van der Waals surface area (Å²) in [5, 5.41) is 3.19. The Morgan fingerprint density at radius 3 is 2.61 bits per heavy atom. The van der Waals surface area contributed by atoms with Crippen LogP contribution in [-0.2, 0) is 19.7 Å². The van der Waals surface area contributed by atoms with Crippen LogP contribution in [0.2, 0.25) is 0 Å². The number of hydrogen-bond donors (Lipinski definition) is 1. The molecule has 0 saturated carbocycles. The van der Waals surface area contributed by atoms with Crippen molar-refractivity contribution in [2.45, 2.75) is 30.3 Å². The molecule has 2 aliphatic rings. The maximum absolute atomic E-state index is 13.1. The van der Waals surface area contributed by atoms with Crippen LogP contribution in [0.5, 0.6) is 0 Å². The van der Waals surface area contributed by atoms with Gasteiger partial charge in [-0.15, -0.1) is 0 Å². The SMILES string of the molecule is COC1(CNC(=O)C2(c3ccccc3)CCOCC2)CCSC1. The summed E-state index contributed by atoms with van der Waals surface area (Å²) in [7, 11) is 1.75. The summed E-state index contributed by atoms with van der Waals surface area (Å²) >= 11 is 1.89. The molecule has 2 fully saturated rings. The highest BCUT2D eigenvalue weighted by Crippen LogP contribution is 2.36. The minimum Gasteiger partial charge on any atom is -0.381 e. The van der Waals surface area contributed by atoms with E-state index in [4.69, 9.17) is 9.47 Å². The van der Waals surface area contributed by atoms with Crippen molar-refractivity contribution >= 4 is 17.7 Å². The Balaban J connectivity index is 1.76. The van der Waals surface area contributed by atoms with Crippen molar-refractivity contribution in [2.24, 2.45) is 0 Å². The van der Waals surface area contributed by atoms with Crippen LogP contribution >= 0.6 is 11.8 Å². The molecule has 5 heteroatoms. The Morgan fingerprint density at radius 1 is 1.26 bits per heavy atom. The summed E-state index contributed by atoms with van der Waals surface area (Å²) < 4.78 is 11.2. The molecule has 0 spiro atoms. The lowest BCUT2D eigenvalue weighted by atomic mass is 9.73. The predicted octanol–water partition coefficient (Wildman–Crippen LogP) is 2.37. The zero-order chi connectivity index (χ0) is 16.2. The fourth-order valence-electron chi connectivity index (χ4n) is 3.50. The van der Waals surface area contributed by atoms with Crippen LogP contribution in [0, 0.1) is 0 Å². The molecule has 4 nitrogen and oxygen atoms in total. The zero-order valence-corrected chi connectivity index (χ0v) is 14.5. The van der Waals surface area contributed by atoms with E-state index in [0.717, 1.165) is 36.3 Å². The van der Waals surface area contributed by atoms with Crippen LogP contribution in [0.3, 0.4) is 0 Å². The van der Waals surface area contributed by atoms with E-state index in [9.17, 15) is 4.79 Å². The lowest BCUT2D eigenvalue weighted by molar-refractivity contribution is -0.131. The molecule has 0 aliphatic carbocycles. The van der Waals surface area contributed by atoms with Crippen LogP contribution in [0.1, 0.15) is 24.8 Å². The third-order valence-electron chi connectivity index (χ3n) is 5.18. The number of rotatable bonds is 5. The van der Waals surface area contributed by atoms with Gasteiger partial charge in [-0.2, -0.15) is 11.8 Å². The Kier molecular flexibility index (Phi) is 5.29. The Morgan fingerprint density at radius 2 is 2.00 bits per heavy atom. The number of thioether (sulfide) groups is 1. The van der Waals surface area contributed by atoms with Gasteiger partial charge >= 0.3 is 0 Å². The van der Waals surface area contributed by atoms with E-state index < -0.39 is 5.41 Å². The van der Waals surface area contributed by atoms with Gasteiger partial charge in [-0.25, -0.2) is 0 Å². The second kappa shape index (κ2) is 7.24. The van der Waals surface area contributed by atoms with E-state index in [-0.39, 0.29) is 11.5 Å². The van der Waals surface area contributed by atoms with Gasteiger partial charge < -0.3 is 14.8 Å². The van der Waals surface area contributed by atoms with Gasteiger partial charge in [0.1, 0.15) is 0 Å². The largest absolute Gasteiger partial charge is 0.381 e. The van der Waals surface area contributed by atoms with Crippen molar-refractivity contribution < 1.29 is 14.3 Å². The minimum atomic E-state index is -0.472. The lowest BCUT2D eigenvalue weighted by Gasteiger charge is -2.37. The van der Waals surface area contributed by atoms with Crippen molar-refractivity contribution in [3.8, 4) is 0 Å². The van der Waals surface area contributed by atoms with Gasteiger partial charge in [0.2, 0.25) is 5.91 Å². The predicted molar refractivity (Wildman–Crippen MR) is 92.9 cm³/mol. The first-order valence-electron chi connectivity index (χ1n) is 8.25. The summed E-state index contributed by atoms with van der Waals surface area (Å²) in [6, 6.07) is 10.1. The lowest BCUT2D eigenvalue weighted by Crippen LogP contribution is -2.52. The molecule has 3 rings (SSSR count). The molecule has 23 heavy (non-hydrogen) atoms. The molecule has 1 atom stereocenters. The molecule has 0 radical (unpaired) electrons. The summed E-state index contributed by atoms with van der Waals surface area (Å²) in [5.41, 5.74) is 0.414. The number of carbonyl (C=O) groups is 1.